The van der Waals surface area contributed by atoms with Crippen LogP contribution < -0.4 is 0 Å². The Bertz CT molecular complexity index is 375. The molecule has 1 aromatic carbocycles. The van der Waals surface area contributed by atoms with Crippen molar-refractivity contribution >= 4 is 0 Å². The van der Waals surface area contributed by atoms with Crippen LogP contribution in [0.4, 0.5) is 13.2 Å². The molecule has 1 aromatic rings. The number of fused-ring (bicyclic) bond motifs is 1. The van der Waals surface area contributed by atoms with E-state index >= 15 is 0 Å². The molecule has 0 N–H and O–H groups in total. The SMILES string of the molecule is FC(F)(F)c1cccc2c1CC=C[CH]2. The molecule has 3 heteroatoms. The molecule has 0 saturated heterocycles. The first-order valence-corrected chi connectivity index (χ1v) is 4.28. The van der Waals surface area contributed by atoms with Gasteiger partial charge in [0.2, 0.25) is 0 Å². The number of benzene rings is 1. The summed E-state index contributed by atoms with van der Waals surface area (Å²) in [5, 5.41) is 0. The minimum absolute atomic E-state index is 0.363. The summed E-state index contributed by atoms with van der Waals surface area (Å²) in [5.41, 5.74) is 0.528. The number of allylic oxidation sites excluding steroid dienone is 2. The fourth-order valence-electron chi connectivity index (χ4n) is 1.61. The van der Waals surface area contributed by atoms with Gasteiger partial charge in [0.15, 0.2) is 0 Å². The highest BCUT2D eigenvalue weighted by atomic mass is 19.4. The molecular weight excluding hydrogens is 189 g/mol. The maximum absolute atomic E-state index is 12.5. The lowest BCUT2D eigenvalue weighted by Gasteiger charge is -2.17. The largest absolute Gasteiger partial charge is 0.416 e. The van der Waals surface area contributed by atoms with Crippen LogP contribution in [-0.4, -0.2) is 0 Å². The van der Waals surface area contributed by atoms with Crippen molar-refractivity contribution in [3.63, 3.8) is 0 Å². The molecule has 0 aliphatic heterocycles. The van der Waals surface area contributed by atoms with Crippen molar-refractivity contribution in [1.29, 1.82) is 0 Å². The van der Waals surface area contributed by atoms with Gasteiger partial charge in [-0.15, -0.1) is 0 Å². The minimum atomic E-state index is -4.25. The Balaban J connectivity index is 2.54. The predicted molar refractivity (Wildman–Crippen MR) is 47.7 cm³/mol. The Morgan fingerprint density at radius 1 is 1.14 bits per heavy atom. The van der Waals surface area contributed by atoms with Gasteiger partial charge in [0.05, 0.1) is 5.56 Å². The van der Waals surface area contributed by atoms with Crippen molar-refractivity contribution in [3.05, 3.63) is 53.5 Å². The minimum Gasteiger partial charge on any atom is -0.166 e. The second kappa shape index (κ2) is 3.15. The van der Waals surface area contributed by atoms with Crippen LogP contribution in [0.5, 0.6) is 0 Å². The molecular formula is C11H8F3. The molecule has 0 fully saturated rings. The average Bonchev–Trinajstić information content (AvgIpc) is 2.15. The summed E-state index contributed by atoms with van der Waals surface area (Å²) >= 11 is 0. The molecule has 0 spiro atoms. The summed E-state index contributed by atoms with van der Waals surface area (Å²) < 4.78 is 37.6. The van der Waals surface area contributed by atoms with Crippen molar-refractivity contribution in [2.24, 2.45) is 0 Å². The topological polar surface area (TPSA) is 0 Å². The summed E-state index contributed by atoms with van der Waals surface area (Å²) in [5.74, 6) is 0. The first-order valence-electron chi connectivity index (χ1n) is 4.28. The predicted octanol–water partition coefficient (Wildman–Crippen LogP) is 3.37. The maximum Gasteiger partial charge on any atom is 0.416 e. The number of hydrogen-bond donors (Lipinski definition) is 0. The third-order valence-electron chi connectivity index (χ3n) is 2.25. The van der Waals surface area contributed by atoms with Gasteiger partial charge in [-0.25, -0.2) is 0 Å². The van der Waals surface area contributed by atoms with E-state index in [4.69, 9.17) is 0 Å². The zero-order valence-corrected chi connectivity index (χ0v) is 7.31. The Kier molecular flexibility index (Phi) is 2.10. The molecule has 0 nitrogen and oxygen atoms in total. The van der Waals surface area contributed by atoms with Gasteiger partial charge in [-0.05, 0) is 23.6 Å². The van der Waals surface area contributed by atoms with E-state index in [0.29, 0.717) is 17.5 Å². The lowest BCUT2D eigenvalue weighted by Crippen LogP contribution is -2.11. The summed E-state index contributed by atoms with van der Waals surface area (Å²) in [7, 11) is 0. The van der Waals surface area contributed by atoms with Crippen molar-refractivity contribution in [3.8, 4) is 0 Å². The molecule has 73 valence electrons. The van der Waals surface area contributed by atoms with Gasteiger partial charge in [0.1, 0.15) is 0 Å². The van der Waals surface area contributed by atoms with Crippen LogP contribution in [0.2, 0.25) is 0 Å². The summed E-state index contributed by atoms with van der Waals surface area (Å²) in [6.45, 7) is 0. The average molecular weight is 197 g/mol. The molecule has 2 rings (SSSR count). The third kappa shape index (κ3) is 1.54. The van der Waals surface area contributed by atoms with E-state index in [1.807, 2.05) is 0 Å². The highest BCUT2D eigenvalue weighted by Crippen LogP contribution is 2.35. The normalized spacial score (nSPS) is 15.4. The Labute approximate surface area is 80.1 Å². The van der Waals surface area contributed by atoms with Gasteiger partial charge in [-0.2, -0.15) is 13.2 Å². The molecule has 0 saturated carbocycles. The number of halogens is 3. The van der Waals surface area contributed by atoms with Crippen LogP contribution in [0.15, 0.2) is 30.4 Å². The Morgan fingerprint density at radius 3 is 2.64 bits per heavy atom. The Hall–Kier alpha value is -1.25. The van der Waals surface area contributed by atoms with Gasteiger partial charge in [-0.3, -0.25) is 0 Å². The van der Waals surface area contributed by atoms with Crippen LogP contribution in [0.1, 0.15) is 16.7 Å². The highest BCUT2D eigenvalue weighted by Gasteiger charge is 2.33. The monoisotopic (exact) mass is 197 g/mol. The van der Waals surface area contributed by atoms with E-state index in [-0.39, 0.29) is 0 Å². The van der Waals surface area contributed by atoms with Gasteiger partial charge >= 0.3 is 6.18 Å². The molecule has 0 aromatic heterocycles. The zero-order chi connectivity index (χ0) is 10.2. The number of alkyl halides is 3. The number of hydrogen-bond acceptors (Lipinski definition) is 0. The lowest BCUT2D eigenvalue weighted by atomic mass is 9.92. The second-order valence-corrected chi connectivity index (χ2v) is 3.17. The van der Waals surface area contributed by atoms with E-state index in [9.17, 15) is 13.2 Å². The van der Waals surface area contributed by atoms with Gasteiger partial charge in [0.25, 0.3) is 0 Å². The molecule has 0 bridgehead atoms. The molecule has 0 amide bonds. The van der Waals surface area contributed by atoms with Crippen LogP contribution in [0.25, 0.3) is 0 Å². The van der Waals surface area contributed by atoms with Crippen LogP contribution in [0.3, 0.4) is 0 Å². The molecule has 0 atom stereocenters. The van der Waals surface area contributed by atoms with E-state index in [0.717, 1.165) is 6.07 Å². The summed E-state index contributed by atoms with van der Waals surface area (Å²) in [6, 6.07) is 4.28. The van der Waals surface area contributed by atoms with Crippen molar-refractivity contribution in [2.75, 3.05) is 0 Å². The van der Waals surface area contributed by atoms with Crippen LogP contribution >= 0.6 is 0 Å². The van der Waals surface area contributed by atoms with Gasteiger partial charge in [-0.1, -0.05) is 24.3 Å². The van der Waals surface area contributed by atoms with Crippen molar-refractivity contribution in [2.45, 2.75) is 12.6 Å². The second-order valence-electron chi connectivity index (χ2n) is 3.17. The first kappa shape index (κ1) is 9.31. The van der Waals surface area contributed by atoms with E-state index in [1.165, 1.54) is 6.07 Å². The van der Waals surface area contributed by atoms with Gasteiger partial charge in [0, 0.05) is 6.42 Å². The third-order valence-corrected chi connectivity index (χ3v) is 2.25. The first-order chi connectivity index (χ1) is 6.59. The Morgan fingerprint density at radius 2 is 1.93 bits per heavy atom. The molecule has 1 aliphatic rings. The van der Waals surface area contributed by atoms with E-state index in [1.54, 1.807) is 24.6 Å². The van der Waals surface area contributed by atoms with Crippen molar-refractivity contribution in [1.82, 2.24) is 0 Å². The fourth-order valence-corrected chi connectivity index (χ4v) is 1.61. The van der Waals surface area contributed by atoms with E-state index in [2.05, 4.69) is 0 Å². The van der Waals surface area contributed by atoms with Crippen molar-refractivity contribution < 1.29 is 13.2 Å². The highest BCUT2D eigenvalue weighted by molar-refractivity contribution is 5.46. The quantitative estimate of drug-likeness (QED) is 0.598. The van der Waals surface area contributed by atoms with Gasteiger partial charge < -0.3 is 0 Å². The standard InChI is InChI=1S/C11H8F3/c12-11(13,14)10-7-3-5-8-4-1-2-6-9(8)10/h1-5,7H,6H2. The smallest absolute Gasteiger partial charge is 0.166 e. The molecule has 1 aliphatic carbocycles. The summed E-state index contributed by atoms with van der Waals surface area (Å²) in [4.78, 5) is 0. The molecule has 0 unspecified atom stereocenters. The lowest BCUT2D eigenvalue weighted by molar-refractivity contribution is -0.138. The maximum atomic E-state index is 12.5. The van der Waals surface area contributed by atoms with Crippen LogP contribution in [-0.2, 0) is 12.6 Å². The molecule has 0 heterocycles. The molecule has 14 heavy (non-hydrogen) atoms. The van der Waals surface area contributed by atoms with Crippen LogP contribution in [0, 0.1) is 6.42 Å². The zero-order valence-electron chi connectivity index (χ0n) is 7.31. The summed E-state index contributed by atoms with van der Waals surface area (Å²) in [6.07, 6.45) is 1.33. The molecule has 1 radical (unpaired) electrons. The fraction of sp³-hybridized carbons (Fsp3) is 0.182. The number of rotatable bonds is 0. The van der Waals surface area contributed by atoms with E-state index < -0.39 is 11.7 Å².